The van der Waals surface area contributed by atoms with E-state index < -0.39 is 0 Å². The molecule has 2 rings (SSSR count). The van der Waals surface area contributed by atoms with Crippen molar-refractivity contribution in [1.82, 2.24) is 4.98 Å². The summed E-state index contributed by atoms with van der Waals surface area (Å²) in [6.07, 6.45) is 1.67. The second-order valence-electron chi connectivity index (χ2n) is 4.22. The fourth-order valence-electron chi connectivity index (χ4n) is 1.78. The lowest BCUT2D eigenvalue weighted by Gasteiger charge is -2.12. The van der Waals surface area contributed by atoms with Gasteiger partial charge in [0.1, 0.15) is 5.82 Å². The molecule has 0 aliphatic heterocycles. The van der Waals surface area contributed by atoms with E-state index in [1.54, 1.807) is 12.3 Å². The average Bonchev–Trinajstić information content (AvgIpc) is 2.31. The van der Waals surface area contributed by atoms with Crippen LogP contribution in [0.4, 0.5) is 10.1 Å². The number of halogens is 2. The third-order valence-electron chi connectivity index (χ3n) is 2.87. The van der Waals surface area contributed by atoms with Gasteiger partial charge in [-0.1, -0.05) is 17.7 Å². The van der Waals surface area contributed by atoms with Gasteiger partial charge in [0.2, 0.25) is 0 Å². The molecule has 0 fully saturated rings. The maximum absolute atomic E-state index is 13.0. The normalized spacial score (nSPS) is 10.4. The first-order valence-electron chi connectivity index (χ1n) is 5.68. The first-order chi connectivity index (χ1) is 8.58. The fraction of sp³-hybridized carbons (Fsp3) is 0.214. The van der Waals surface area contributed by atoms with E-state index in [9.17, 15) is 4.39 Å². The second kappa shape index (κ2) is 5.36. The van der Waals surface area contributed by atoms with Crippen molar-refractivity contribution in [1.29, 1.82) is 0 Å². The molecular formula is C14H14ClFN2. The van der Waals surface area contributed by atoms with Crippen LogP contribution in [0.5, 0.6) is 0 Å². The van der Waals surface area contributed by atoms with E-state index in [4.69, 9.17) is 11.6 Å². The number of aryl methyl sites for hydroxylation is 2. The number of rotatable bonds is 3. The zero-order chi connectivity index (χ0) is 13.1. The minimum atomic E-state index is -0.216. The fourth-order valence-corrected chi connectivity index (χ4v) is 2.05. The van der Waals surface area contributed by atoms with Crippen LogP contribution in [0.2, 0.25) is 5.15 Å². The smallest absolute Gasteiger partial charge is 0.152 e. The van der Waals surface area contributed by atoms with Crippen LogP contribution in [0.25, 0.3) is 0 Å². The molecule has 2 aromatic rings. The molecule has 94 valence electrons. The minimum Gasteiger partial charge on any atom is -0.378 e. The molecule has 0 unspecified atom stereocenters. The Labute approximate surface area is 111 Å². The number of nitrogens with zero attached hydrogens (tertiary/aromatic N) is 1. The van der Waals surface area contributed by atoms with Crippen molar-refractivity contribution in [3.63, 3.8) is 0 Å². The number of hydrogen-bond acceptors (Lipinski definition) is 2. The van der Waals surface area contributed by atoms with Gasteiger partial charge in [0, 0.05) is 12.7 Å². The van der Waals surface area contributed by atoms with E-state index in [1.165, 1.54) is 12.1 Å². The average molecular weight is 265 g/mol. The molecule has 1 heterocycles. The Hall–Kier alpha value is -1.61. The Morgan fingerprint density at radius 1 is 1.22 bits per heavy atom. The quantitative estimate of drug-likeness (QED) is 0.844. The van der Waals surface area contributed by atoms with Gasteiger partial charge >= 0.3 is 0 Å². The predicted molar refractivity (Wildman–Crippen MR) is 72.4 cm³/mol. The van der Waals surface area contributed by atoms with Crippen molar-refractivity contribution in [3.05, 3.63) is 58.1 Å². The Morgan fingerprint density at radius 2 is 2.00 bits per heavy atom. The lowest BCUT2D eigenvalue weighted by atomic mass is 10.1. The van der Waals surface area contributed by atoms with Gasteiger partial charge in [0.05, 0.1) is 5.69 Å². The third-order valence-corrected chi connectivity index (χ3v) is 3.16. The van der Waals surface area contributed by atoms with Crippen LogP contribution in [0.3, 0.4) is 0 Å². The monoisotopic (exact) mass is 264 g/mol. The number of anilines is 1. The summed E-state index contributed by atoms with van der Waals surface area (Å²) in [6, 6.07) is 6.65. The second-order valence-corrected chi connectivity index (χ2v) is 4.58. The molecule has 0 spiro atoms. The SMILES string of the molecule is Cc1cc(F)ccc1CNc1c(C)ccnc1Cl. The Balaban J connectivity index is 2.16. The van der Waals surface area contributed by atoms with Gasteiger partial charge in [-0.15, -0.1) is 0 Å². The van der Waals surface area contributed by atoms with Gasteiger partial charge < -0.3 is 5.32 Å². The first kappa shape index (κ1) is 12.8. The molecule has 0 saturated carbocycles. The van der Waals surface area contributed by atoms with Crippen LogP contribution >= 0.6 is 11.6 Å². The number of aromatic nitrogens is 1. The molecule has 0 bridgehead atoms. The third kappa shape index (κ3) is 2.79. The molecular weight excluding hydrogens is 251 g/mol. The van der Waals surface area contributed by atoms with Crippen molar-refractivity contribution < 1.29 is 4.39 Å². The van der Waals surface area contributed by atoms with Crippen molar-refractivity contribution in [2.75, 3.05) is 5.32 Å². The lowest BCUT2D eigenvalue weighted by Crippen LogP contribution is -2.04. The molecule has 1 N–H and O–H groups in total. The van der Waals surface area contributed by atoms with Gasteiger partial charge in [-0.05, 0) is 48.7 Å². The summed E-state index contributed by atoms with van der Waals surface area (Å²) in [4.78, 5) is 4.03. The van der Waals surface area contributed by atoms with Crippen molar-refractivity contribution in [3.8, 4) is 0 Å². The van der Waals surface area contributed by atoms with Gasteiger partial charge in [-0.3, -0.25) is 0 Å². The van der Waals surface area contributed by atoms with Crippen molar-refractivity contribution in [2.45, 2.75) is 20.4 Å². The van der Waals surface area contributed by atoms with E-state index in [-0.39, 0.29) is 5.82 Å². The molecule has 2 nitrogen and oxygen atoms in total. The minimum absolute atomic E-state index is 0.216. The van der Waals surface area contributed by atoms with Gasteiger partial charge in [-0.2, -0.15) is 0 Å². The number of benzene rings is 1. The molecule has 0 aliphatic rings. The summed E-state index contributed by atoms with van der Waals surface area (Å²) in [6.45, 7) is 4.45. The van der Waals surface area contributed by atoms with Crippen LogP contribution in [-0.2, 0) is 6.54 Å². The van der Waals surface area contributed by atoms with Crippen LogP contribution in [0.1, 0.15) is 16.7 Å². The summed E-state index contributed by atoms with van der Waals surface area (Å²) in [5, 5.41) is 3.69. The standard InChI is InChI=1S/C14H14ClFN2/c1-9-5-6-17-14(15)13(9)18-8-11-3-4-12(16)7-10(11)2/h3-7,18H,8H2,1-2H3. The molecule has 0 amide bonds. The Kier molecular flexibility index (Phi) is 3.82. The molecule has 1 aromatic heterocycles. The first-order valence-corrected chi connectivity index (χ1v) is 6.05. The van der Waals surface area contributed by atoms with Crippen LogP contribution in [0.15, 0.2) is 30.5 Å². The van der Waals surface area contributed by atoms with E-state index in [0.29, 0.717) is 11.7 Å². The molecule has 1 aromatic carbocycles. The number of nitrogens with one attached hydrogen (secondary N) is 1. The van der Waals surface area contributed by atoms with Gasteiger partial charge in [-0.25, -0.2) is 9.37 Å². The maximum atomic E-state index is 13.0. The van der Waals surface area contributed by atoms with E-state index in [0.717, 1.165) is 22.4 Å². The van der Waals surface area contributed by atoms with Crippen LogP contribution in [-0.4, -0.2) is 4.98 Å². The van der Waals surface area contributed by atoms with Gasteiger partial charge in [0.15, 0.2) is 5.15 Å². The number of hydrogen-bond donors (Lipinski definition) is 1. The van der Waals surface area contributed by atoms with Crippen LogP contribution < -0.4 is 5.32 Å². The van der Waals surface area contributed by atoms with Crippen LogP contribution in [0, 0.1) is 19.7 Å². The highest BCUT2D eigenvalue weighted by Crippen LogP contribution is 2.23. The van der Waals surface area contributed by atoms with E-state index in [2.05, 4.69) is 10.3 Å². The highest BCUT2D eigenvalue weighted by atomic mass is 35.5. The highest BCUT2D eigenvalue weighted by molar-refractivity contribution is 6.32. The zero-order valence-corrected chi connectivity index (χ0v) is 11.1. The zero-order valence-electron chi connectivity index (χ0n) is 10.3. The van der Waals surface area contributed by atoms with E-state index in [1.807, 2.05) is 19.9 Å². The summed E-state index contributed by atoms with van der Waals surface area (Å²) in [5.74, 6) is -0.216. The summed E-state index contributed by atoms with van der Waals surface area (Å²) >= 11 is 6.03. The summed E-state index contributed by atoms with van der Waals surface area (Å²) < 4.78 is 13.0. The van der Waals surface area contributed by atoms with Crippen molar-refractivity contribution in [2.24, 2.45) is 0 Å². The summed E-state index contributed by atoms with van der Waals surface area (Å²) in [5.41, 5.74) is 3.81. The Morgan fingerprint density at radius 3 is 2.67 bits per heavy atom. The molecule has 0 atom stereocenters. The molecule has 0 radical (unpaired) electrons. The highest BCUT2D eigenvalue weighted by Gasteiger charge is 2.05. The lowest BCUT2D eigenvalue weighted by molar-refractivity contribution is 0.625. The van der Waals surface area contributed by atoms with E-state index >= 15 is 0 Å². The van der Waals surface area contributed by atoms with Crippen molar-refractivity contribution >= 4 is 17.3 Å². The molecule has 0 aliphatic carbocycles. The molecule has 18 heavy (non-hydrogen) atoms. The largest absolute Gasteiger partial charge is 0.378 e. The van der Waals surface area contributed by atoms with Gasteiger partial charge in [0.25, 0.3) is 0 Å². The number of pyridine rings is 1. The predicted octanol–water partition coefficient (Wildman–Crippen LogP) is 4.10. The molecule has 4 heteroatoms. The maximum Gasteiger partial charge on any atom is 0.152 e. The Bertz CT molecular complexity index is 549. The topological polar surface area (TPSA) is 24.9 Å². The summed E-state index contributed by atoms with van der Waals surface area (Å²) in [7, 11) is 0. The molecule has 0 saturated heterocycles.